The summed E-state index contributed by atoms with van der Waals surface area (Å²) in [6.07, 6.45) is 1.55. The maximum Gasteiger partial charge on any atom is 0.332 e. The second-order valence-corrected chi connectivity index (χ2v) is 8.03. The number of aryl methyl sites for hydroxylation is 1. The average molecular weight is 458 g/mol. The summed E-state index contributed by atoms with van der Waals surface area (Å²) in [5.74, 6) is -0.439. The molecule has 1 aromatic carbocycles. The number of carbonyl (C=O) groups excluding carboxylic acids is 2. The summed E-state index contributed by atoms with van der Waals surface area (Å²) < 4.78 is 7.54. The van der Waals surface area contributed by atoms with E-state index in [9.17, 15) is 19.2 Å². The molecule has 0 bridgehead atoms. The highest BCUT2D eigenvalue weighted by Crippen LogP contribution is 2.28. The van der Waals surface area contributed by atoms with Crippen molar-refractivity contribution in [2.24, 2.45) is 14.1 Å². The number of benzene rings is 1. The fraction of sp³-hybridized carbons (Fsp3) is 0.286. The lowest BCUT2D eigenvalue weighted by Gasteiger charge is -2.14. The summed E-state index contributed by atoms with van der Waals surface area (Å²) in [6.45, 7) is 1.61. The summed E-state index contributed by atoms with van der Waals surface area (Å²) in [7, 11) is 4.46. The normalized spacial score (nSPS) is 10.9. The molecule has 168 valence electrons. The van der Waals surface area contributed by atoms with E-state index in [0.717, 1.165) is 4.57 Å². The molecule has 10 nitrogen and oxygen atoms in total. The lowest BCUT2D eigenvalue weighted by Crippen LogP contribution is -2.37. The molecule has 3 rings (SSSR count). The van der Waals surface area contributed by atoms with Crippen LogP contribution in [0.5, 0.6) is 0 Å². The number of hydrogen-bond acceptors (Lipinski definition) is 7. The topological polar surface area (TPSA) is 124 Å². The average Bonchev–Trinajstić information content (AvgIpc) is 2.76. The van der Waals surface area contributed by atoms with Gasteiger partial charge in [-0.2, -0.15) is 0 Å². The van der Waals surface area contributed by atoms with Crippen LogP contribution >= 0.6 is 11.8 Å². The maximum absolute atomic E-state index is 12.8. The number of pyridine rings is 1. The molecule has 2 aromatic heterocycles. The summed E-state index contributed by atoms with van der Waals surface area (Å²) in [6, 6.07) is 6.72. The lowest BCUT2D eigenvalue weighted by molar-refractivity contribution is -0.114. The standard InChI is InChI=1S/C21H23N5O5S/c1-12(27)23-14-5-7-15(8-6-14)24-16(28)11-32-18-13(10-31-4)9-22-19-17(18)20(29)26(3)21(30)25(19)2/h5-9H,10-11H2,1-4H3,(H,23,27)(H,24,28). The highest BCUT2D eigenvalue weighted by atomic mass is 32.2. The number of fused-ring (bicyclic) bond motifs is 1. The largest absolute Gasteiger partial charge is 0.380 e. The van der Waals surface area contributed by atoms with Crippen LogP contribution in [-0.2, 0) is 35.0 Å². The maximum atomic E-state index is 12.8. The third kappa shape index (κ3) is 4.89. The van der Waals surface area contributed by atoms with E-state index in [4.69, 9.17) is 4.74 Å². The van der Waals surface area contributed by atoms with Gasteiger partial charge in [0.25, 0.3) is 5.56 Å². The van der Waals surface area contributed by atoms with Crippen LogP contribution < -0.4 is 21.9 Å². The SMILES string of the molecule is COCc1cnc2c(c1SCC(=O)Nc1ccc(NC(C)=O)cc1)c(=O)n(C)c(=O)n2C. The molecule has 0 unspecified atom stereocenters. The van der Waals surface area contributed by atoms with Crippen molar-refractivity contribution in [1.29, 1.82) is 0 Å². The summed E-state index contributed by atoms with van der Waals surface area (Å²) >= 11 is 1.18. The first kappa shape index (κ1) is 23.2. The van der Waals surface area contributed by atoms with Gasteiger partial charge in [0.1, 0.15) is 5.65 Å². The number of carbonyl (C=O) groups is 2. The van der Waals surface area contributed by atoms with Gasteiger partial charge in [-0.1, -0.05) is 0 Å². The zero-order chi connectivity index (χ0) is 23.4. The molecule has 32 heavy (non-hydrogen) atoms. The van der Waals surface area contributed by atoms with Gasteiger partial charge in [-0.25, -0.2) is 9.78 Å². The van der Waals surface area contributed by atoms with E-state index in [-0.39, 0.29) is 35.2 Å². The van der Waals surface area contributed by atoms with Crippen LogP contribution in [0.15, 0.2) is 44.9 Å². The Morgan fingerprint density at radius 2 is 1.69 bits per heavy atom. The van der Waals surface area contributed by atoms with Crippen molar-refractivity contribution < 1.29 is 14.3 Å². The van der Waals surface area contributed by atoms with Gasteiger partial charge in [-0.15, -0.1) is 11.8 Å². The Labute approximate surface area is 187 Å². The first-order chi connectivity index (χ1) is 15.2. The third-order valence-electron chi connectivity index (χ3n) is 4.63. The molecule has 0 radical (unpaired) electrons. The second kappa shape index (κ2) is 9.79. The quantitative estimate of drug-likeness (QED) is 0.515. The number of aromatic nitrogens is 3. The van der Waals surface area contributed by atoms with Gasteiger partial charge in [-0.05, 0) is 24.3 Å². The zero-order valence-electron chi connectivity index (χ0n) is 18.1. The van der Waals surface area contributed by atoms with E-state index in [0.29, 0.717) is 21.8 Å². The highest BCUT2D eigenvalue weighted by Gasteiger charge is 2.18. The van der Waals surface area contributed by atoms with Crippen LogP contribution in [0, 0.1) is 0 Å². The van der Waals surface area contributed by atoms with Crippen LogP contribution in [0.1, 0.15) is 12.5 Å². The van der Waals surface area contributed by atoms with Gasteiger partial charge in [0, 0.05) is 56.2 Å². The Hall–Kier alpha value is -3.44. The smallest absolute Gasteiger partial charge is 0.332 e. The van der Waals surface area contributed by atoms with Crippen molar-refractivity contribution >= 4 is 46.0 Å². The minimum absolute atomic E-state index is 0.0231. The lowest BCUT2D eigenvalue weighted by atomic mass is 10.2. The molecule has 0 spiro atoms. The van der Waals surface area contributed by atoms with E-state index < -0.39 is 11.2 Å². The van der Waals surface area contributed by atoms with Crippen LogP contribution in [0.3, 0.4) is 0 Å². The van der Waals surface area contributed by atoms with Gasteiger partial charge < -0.3 is 15.4 Å². The van der Waals surface area contributed by atoms with E-state index in [1.165, 1.54) is 37.4 Å². The summed E-state index contributed by atoms with van der Waals surface area (Å²) in [5.41, 5.74) is 1.12. The molecule has 2 N–H and O–H groups in total. The minimum Gasteiger partial charge on any atom is -0.380 e. The highest BCUT2D eigenvalue weighted by molar-refractivity contribution is 8.00. The van der Waals surface area contributed by atoms with Crippen molar-refractivity contribution in [1.82, 2.24) is 14.1 Å². The number of ether oxygens (including phenoxy) is 1. The number of thioether (sulfide) groups is 1. The molecule has 0 fully saturated rings. The van der Waals surface area contributed by atoms with E-state index >= 15 is 0 Å². The Kier molecular flexibility index (Phi) is 7.11. The molecule has 11 heteroatoms. The number of rotatable bonds is 7. The molecule has 2 heterocycles. The van der Waals surface area contributed by atoms with Crippen LogP contribution in [-0.4, -0.2) is 38.8 Å². The van der Waals surface area contributed by atoms with Gasteiger partial charge in [0.05, 0.1) is 17.7 Å². The van der Waals surface area contributed by atoms with Crippen LogP contribution in [0.4, 0.5) is 11.4 Å². The predicted molar refractivity (Wildman–Crippen MR) is 123 cm³/mol. The third-order valence-corrected chi connectivity index (χ3v) is 5.79. The number of nitrogens with zero attached hydrogens (tertiary/aromatic N) is 3. The first-order valence-corrected chi connectivity index (χ1v) is 10.6. The summed E-state index contributed by atoms with van der Waals surface area (Å²) in [4.78, 5) is 53.6. The van der Waals surface area contributed by atoms with Crippen LogP contribution in [0.25, 0.3) is 11.0 Å². The number of amides is 2. The van der Waals surface area contributed by atoms with E-state index in [2.05, 4.69) is 15.6 Å². The molecule has 0 aliphatic rings. The van der Waals surface area contributed by atoms with Crippen molar-refractivity contribution in [3.05, 3.63) is 56.9 Å². The number of methoxy groups -OCH3 is 1. The molecular formula is C21H23N5O5S. The second-order valence-electron chi connectivity index (χ2n) is 7.05. The van der Waals surface area contributed by atoms with E-state index in [1.54, 1.807) is 37.5 Å². The molecule has 0 aliphatic carbocycles. The monoisotopic (exact) mass is 457 g/mol. The van der Waals surface area contributed by atoms with Crippen molar-refractivity contribution in [2.75, 3.05) is 23.5 Å². The van der Waals surface area contributed by atoms with Crippen molar-refractivity contribution in [2.45, 2.75) is 18.4 Å². The van der Waals surface area contributed by atoms with Crippen LogP contribution in [0.2, 0.25) is 0 Å². The van der Waals surface area contributed by atoms with Gasteiger partial charge in [-0.3, -0.25) is 23.5 Å². The molecule has 3 aromatic rings. The van der Waals surface area contributed by atoms with Gasteiger partial charge >= 0.3 is 5.69 Å². The predicted octanol–water partition coefficient (Wildman–Crippen LogP) is 1.47. The molecule has 0 saturated carbocycles. The molecule has 0 aliphatic heterocycles. The number of anilines is 2. The fourth-order valence-electron chi connectivity index (χ4n) is 3.14. The fourth-order valence-corrected chi connectivity index (χ4v) is 4.11. The Morgan fingerprint density at radius 3 is 2.28 bits per heavy atom. The Morgan fingerprint density at radius 1 is 1.06 bits per heavy atom. The molecule has 2 amide bonds. The first-order valence-electron chi connectivity index (χ1n) is 9.59. The van der Waals surface area contributed by atoms with Crippen molar-refractivity contribution in [3.63, 3.8) is 0 Å². The zero-order valence-corrected chi connectivity index (χ0v) is 18.9. The Balaban J connectivity index is 1.87. The van der Waals surface area contributed by atoms with E-state index in [1.807, 2.05) is 0 Å². The van der Waals surface area contributed by atoms with Gasteiger partial charge in [0.2, 0.25) is 11.8 Å². The summed E-state index contributed by atoms with van der Waals surface area (Å²) in [5, 5.41) is 5.70. The van der Waals surface area contributed by atoms with Gasteiger partial charge in [0.15, 0.2) is 0 Å². The minimum atomic E-state index is -0.481. The molecular weight excluding hydrogens is 434 g/mol. The molecule has 0 saturated heterocycles. The number of nitrogens with one attached hydrogen (secondary N) is 2. The Bertz CT molecular complexity index is 1300. The van der Waals surface area contributed by atoms with Crippen molar-refractivity contribution in [3.8, 4) is 0 Å². The molecule has 0 atom stereocenters. The number of hydrogen-bond donors (Lipinski definition) is 2.